The van der Waals surface area contributed by atoms with Crippen molar-refractivity contribution in [2.24, 2.45) is 12.8 Å². The van der Waals surface area contributed by atoms with Crippen LogP contribution >= 0.6 is 0 Å². The van der Waals surface area contributed by atoms with Crippen molar-refractivity contribution in [3.05, 3.63) is 41.7 Å². The summed E-state index contributed by atoms with van der Waals surface area (Å²) in [6.07, 6.45) is 3.84. The van der Waals surface area contributed by atoms with E-state index in [4.69, 9.17) is 5.73 Å². The molecule has 0 aromatic carbocycles. The van der Waals surface area contributed by atoms with E-state index in [0.29, 0.717) is 13.1 Å². The molecule has 0 aliphatic rings. The van der Waals surface area contributed by atoms with Gasteiger partial charge in [0.25, 0.3) is 0 Å². The van der Waals surface area contributed by atoms with Gasteiger partial charge in [-0.25, -0.2) is 4.98 Å². The molecule has 19 heavy (non-hydrogen) atoms. The first-order chi connectivity index (χ1) is 9.20. The second-order valence-corrected chi connectivity index (χ2v) is 4.58. The Balaban J connectivity index is 2.08. The minimum atomic E-state index is 0.507. The molecule has 3 heterocycles. The van der Waals surface area contributed by atoms with E-state index in [1.165, 1.54) is 0 Å². The van der Waals surface area contributed by atoms with Crippen LogP contribution in [0.5, 0.6) is 0 Å². The zero-order valence-electron chi connectivity index (χ0n) is 11.0. The molecular formula is C13H16N6. The minimum Gasteiger partial charge on any atom is -0.326 e. The monoisotopic (exact) mass is 256 g/mol. The Bertz CT molecular complexity index is 724. The van der Waals surface area contributed by atoms with Crippen molar-refractivity contribution in [2.45, 2.75) is 20.0 Å². The first-order valence-electron chi connectivity index (χ1n) is 6.18. The third-order valence-electron chi connectivity index (χ3n) is 3.43. The normalized spacial score (nSPS) is 11.3. The second kappa shape index (κ2) is 4.47. The number of rotatable bonds is 3. The molecule has 6 nitrogen and oxygen atoms in total. The SMILES string of the molecule is Cc1nnc(Cn2cc(CN)c3cccnc32)n1C. The number of pyridine rings is 1. The van der Waals surface area contributed by atoms with E-state index in [1.54, 1.807) is 6.20 Å². The van der Waals surface area contributed by atoms with Gasteiger partial charge in [-0.3, -0.25) is 0 Å². The van der Waals surface area contributed by atoms with Crippen molar-refractivity contribution in [3.8, 4) is 0 Å². The highest BCUT2D eigenvalue weighted by Crippen LogP contribution is 2.19. The lowest BCUT2D eigenvalue weighted by atomic mass is 10.2. The molecular weight excluding hydrogens is 240 g/mol. The summed E-state index contributed by atoms with van der Waals surface area (Å²) in [6, 6.07) is 3.97. The van der Waals surface area contributed by atoms with Crippen molar-refractivity contribution in [2.75, 3.05) is 0 Å². The summed E-state index contributed by atoms with van der Waals surface area (Å²) >= 11 is 0. The Kier molecular flexibility index (Phi) is 2.79. The molecule has 0 saturated carbocycles. The molecule has 0 unspecified atom stereocenters. The zero-order valence-corrected chi connectivity index (χ0v) is 11.0. The quantitative estimate of drug-likeness (QED) is 0.758. The number of nitrogens with two attached hydrogens (primary N) is 1. The van der Waals surface area contributed by atoms with Crippen molar-refractivity contribution in [1.29, 1.82) is 0 Å². The van der Waals surface area contributed by atoms with Crippen LogP contribution in [0, 0.1) is 6.92 Å². The highest BCUT2D eigenvalue weighted by Gasteiger charge is 2.11. The molecule has 0 fully saturated rings. The largest absolute Gasteiger partial charge is 0.326 e. The minimum absolute atomic E-state index is 0.507. The Hall–Kier alpha value is -2.21. The molecule has 2 N–H and O–H groups in total. The maximum Gasteiger partial charge on any atom is 0.152 e. The first kappa shape index (κ1) is 11.9. The second-order valence-electron chi connectivity index (χ2n) is 4.58. The van der Waals surface area contributed by atoms with Crippen LogP contribution in [-0.4, -0.2) is 24.3 Å². The van der Waals surface area contributed by atoms with Gasteiger partial charge in [0.05, 0.1) is 6.54 Å². The van der Waals surface area contributed by atoms with Gasteiger partial charge in [0.1, 0.15) is 11.5 Å². The third kappa shape index (κ3) is 1.90. The highest BCUT2D eigenvalue weighted by molar-refractivity contribution is 5.80. The zero-order chi connectivity index (χ0) is 13.4. The maximum absolute atomic E-state index is 5.78. The van der Waals surface area contributed by atoms with Crippen molar-refractivity contribution in [3.63, 3.8) is 0 Å². The van der Waals surface area contributed by atoms with Crippen LogP contribution in [0.2, 0.25) is 0 Å². The van der Waals surface area contributed by atoms with Crippen LogP contribution in [0.25, 0.3) is 11.0 Å². The van der Waals surface area contributed by atoms with E-state index in [1.807, 2.05) is 36.9 Å². The fourth-order valence-corrected chi connectivity index (χ4v) is 2.22. The molecule has 3 rings (SSSR count). The van der Waals surface area contributed by atoms with E-state index in [9.17, 15) is 0 Å². The molecule has 0 amide bonds. The number of aryl methyl sites for hydroxylation is 1. The fourth-order valence-electron chi connectivity index (χ4n) is 2.22. The average molecular weight is 256 g/mol. The standard InChI is InChI=1S/C13H16N6/c1-9-16-17-12(18(9)2)8-19-7-10(6-14)11-4-3-5-15-13(11)19/h3-5,7H,6,8,14H2,1-2H3. The van der Waals surface area contributed by atoms with Crippen LogP contribution in [-0.2, 0) is 20.1 Å². The smallest absolute Gasteiger partial charge is 0.152 e. The molecule has 3 aromatic rings. The molecule has 0 aliphatic carbocycles. The molecule has 6 heteroatoms. The van der Waals surface area contributed by atoms with Crippen LogP contribution in [0.15, 0.2) is 24.5 Å². The summed E-state index contributed by atoms with van der Waals surface area (Å²) in [6.45, 7) is 3.09. The molecule has 3 aromatic heterocycles. The summed E-state index contributed by atoms with van der Waals surface area (Å²) in [5.41, 5.74) is 7.82. The van der Waals surface area contributed by atoms with Gasteiger partial charge in [-0.2, -0.15) is 0 Å². The predicted octanol–water partition coefficient (Wildman–Crippen LogP) is 0.980. The average Bonchev–Trinajstić information content (AvgIpc) is 2.95. The van der Waals surface area contributed by atoms with Gasteiger partial charge >= 0.3 is 0 Å². The summed E-state index contributed by atoms with van der Waals surface area (Å²) in [5.74, 6) is 1.81. The van der Waals surface area contributed by atoms with Gasteiger partial charge in [-0.05, 0) is 24.6 Å². The summed E-state index contributed by atoms with van der Waals surface area (Å²) in [5, 5.41) is 9.36. The lowest BCUT2D eigenvalue weighted by Gasteiger charge is -2.04. The van der Waals surface area contributed by atoms with Gasteiger partial charge in [-0.15, -0.1) is 10.2 Å². The molecule has 0 atom stereocenters. The molecule has 0 aliphatic heterocycles. The summed E-state index contributed by atoms with van der Waals surface area (Å²) in [4.78, 5) is 4.43. The van der Waals surface area contributed by atoms with Gasteiger partial charge in [0, 0.05) is 31.4 Å². The van der Waals surface area contributed by atoms with Gasteiger partial charge in [0.15, 0.2) is 5.82 Å². The Morgan fingerprint density at radius 1 is 1.32 bits per heavy atom. The predicted molar refractivity (Wildman–Crippen MR) is 72.5 cm³/mol. The summed E-state index contributed by atoms with van der Waals surface area (Å²) < 4.78 is 4.05. The van der Waals surface area contributed by atoms with Gasteiger partial charge in [-0.1, -0.05) is 0 Å². The van der Waals surface area contributed by atoms with E-state index in [-0.39, 0.29) is 0 Å². The van der Waals surface area contributed by atoms with Crippen molar-refractivity contribution >= 4 is 11.0 Å². The highest BCUT2D eigenvalue weighted by atomic mass is 15.3. The Morgan fingerprint density at radius 3 is 2.84 bits per heavy atom. The number of hydrogen-bond acceptors (Lipinski definition) is 4. The summed E-state index contributed by atoms with van der Waals surface area (Å²) in [7, 11) is 1.97. The van der Waals surface area contributed by atoms with Crippen LogP contribution < -0.4 is 5.73 Å². The lowest BCUT2D eigenvalue weighted by molar-refractivity contribution is 0.702. The van der Waals surface area contributed by atoms with E-state index >= 15 is 0 Å². The van der Waals surface area contributed by atoms with E-state index < -0.39 is 0 Å². The number of hydrogen-bond donors (Lipinski definition) is 1. The van der Waals surface area contributed by atoms with Crippen LogP contribution in [0.1, 0.15) is 17.2 Å². The third-order valence-corrected chi connectivity index (χ3v) is 3.43. The van der Waals surface area contributed by atoms with Crippen LogP contribution in [0.3, 0.4) is 0 Å². The van der Waals surface area contributed by atoms with Gasteiger partial charge in [0.2, 0.25) is 0 Å². The van der Waals surface area contributed by atoms with Gasteiger partial charge < -0.3 is 14.9 Å². The van der Waals surface area contributed by atoms with E-state index in [2.05, 4.69) is 19.7 Å². The van der Waals surface area contributed by atoms with Crippen molar-refractivity contribution in [1.82, 2.24) is 24.3 Å². The molecule has 0 spiro atoms. The number of nitrogens with zero attached hydrogens (tertiary/aromatic N) is 5. The van der Waals surface area contributed by atoms with Crippen LogP contribution in [0.4, 0.5) is 0 Å². The Morgan fingerprint density at radius 2 is 2.16 bits per heavy atom. The maximum atomic E-state index is 5.78. The topological polar surface area (TPSA) is 74.6 Å². The molecule has 0 saturated heterocycles. The molecule has 0 radical (unpaired) electrons. The fraction of sp³-hybridized carbons (Fsp3) is 0.308. The molecule has 98 valence electrons. The molecule has 0 bridgehead atoms. The first-order valence-corrected chi connectivity index (χ1v) is 6.18. The Labute approximate surface area is 110 Å². The van der Waals surface area contributed by atoms with Crippen molar-refractivity contribution < 1.29 is 0 Å². The van der Waals surface area contributed by atoms with E-state index in [0.717, 1.165) is 28.2 Å². The number of fused-ring (bicyclic) bond motifs is 1. The number of aromatic nitrogens is 5. The lowest BCUT2D eigenvalue weighted by Crippen LogP contribution is -2.06.